The minimum absolute atomic E-state index is 0. The van der Waals surface area contributed by atoms with Gasteiger partial charge in [0.2, 0.25) is 0 Å². The number of halogens is 1. The zero-order chi connectivity index (χ0) is 24.8. The number of hydrogen-bond donors (Lipinski definition) is 0. The Balaban J connectivity index is 0.00000361. The Morgan fingerprint density at radius 1 is 0.972 bits per heavy atom. The van der Waals surface area contributed by atoms with Gasteiger partial charge in [0.1, 0.15) is 24.7 Å². The second-order valence-electron chi connectivity index (χ2n) is 7.84. The molecule has 3 aromatic carbocycles. The van der Waals surface area contributed by atoms with E-state index < -0.39 is 5.97 Å². The third kappa shape index (κ3) is 6.35. The number of carbonyl (C=O) groups is 2. The molecule has 0 radical (unpaired) electrons. The van der Waals surface area contributed by atoms with Crippen LogP contribution in [0.5, 0.6) is 11.5 Å². The molecule has 0 bridgehead atoms. The number of carbonyl (C=O) groups excluding carboxylic acids is 2. The Morgan fingerprint density at radius 2 is 1.72 bits per heavy atom. The number of pyridine rings is 1. The molecule has 6 nitrogen and oxygen atoms in total. The molecule has 4 rings (SSSR count). The summed E-state index contributed by atoms with van der Waals surface area (Å²) in [5, 5.41) is 11.3. The molecule has 8 heteroatoms. The standard InChI is InChI=1S/C28H22ClNO5.Li/c1-18-21(8-5-9-24(18)20-6-3-2-4-7-20)17-35-27-12-26(23(15-31)11-25(27)29)34-16-19-10-22(28(32)33)14-30-13-19;/h2-15H,16-17H2,1H3,(H,32,33);/q;+1/p-1. The maximum Gasteiger partial charge on any atom is 1.00 e. The van der Waals surface area contributed by atoms with Crippen molar-refractivity contribution in [3.8, 4) is 22.6 Å². The van der Waals surface area contributed by atoms with E-state index in [-0.39, 0.29) is 54.0 Å². The average molecular weight is 494 g/mol. The summed E-state index contributed by atoms with van der Waals surface area (Å²) in [5.74, 6) is -0.715. The van der Waals surface area contributed by atoms with Crippen molar-refractivity contribution in [2.45, 2.75) is 20.1 Å². The van der Waals surface area contributed by atoms with E-state index in [4.69, 9.17) is 21.1 Å². The van der Waals surface area contributed by atoms with E-state index in [1.807, 2.05) is 37.3 Å². The molecule has 0 unspecified atom stereocenters. The number of carboxylic acids is 1. The predicted octanol–water partition coefficient (Wildman–Crippen LogP) is 2.05. The quantitative estimate of drug-likeness (QED) is 0.262. The molecule has 1 heterocycles. The van der Waals surface area contributed by atoms with Crippen LogP contribution in [0.2, 0.25) is 5.02 Å². The topological polar surface area (TPSA) is 88.6 Å². The molecule has 176 valence electrons. The van der Waals surface area contributed by atoms with Gasteiger partial charge in [0, 0.05) is 29.6 Å². The van der Waals surface area contributed by atoms with Crippen LogP contribution in [0.3, 0.4) is 0 Å². The first kappa shape index (κ1) is 27.0. The van der Waals surface area contributed by atoms with Crippen molar-refractivity contribution in [2.24, 2.45) is 0 Å². The summed E-state index contributed by atoms with van der Waals surface area (Å²) >= 11 is 6.36. The van der Waals surface area contributed by atoms with Crippen LogP contribution >= 0.6 is 11.6 Å². The second kappa shape index (κ2) is 12.4. The third-order valence-corrected chi connectivity index (χ3v) is 5.83. The van der Waals surface area contributed by atoms with Gasteiger partial charge in [0.15, 0.2) is 6.29 Å². The first-order valence-electron chi connectivity index (χ1n) is 10.8. The number of aromatic carboxylic acids is 1. The number of benzene rings is 3. The SMILES string of the molecule is Cc1c(COc2cc(OCc3cncc(C(=O)[O-])c3)c(C=O)cc2Cl)cccc1-c1ccccc1.[Li+]. The number of aromatic nitrogens is 1. The van der Waals surface area contributed by atoms with Crippen LogP contribution in [0.4, 0.5) is 0 Å². The molecule has 0 saturated heterocycles. The monoisotopic (exact) mass is 493 g/mol. The zero-order valence-corrected chi connectivity index (χ0v) is 20.6. The number of ether oxygens (including phenoxy) is 2. The molecule has 0 aliphatic carbocycles. The van der Waals surface area contributed by atoms with Gasteiger partial charge in [-0.2, -0.15) is 0 Å². The van der Waals surface area contributed by atoms with Crippen LogP contribution in [0.25, 0.3) is 11.1 Å². The van der Waals surface area contributed by atoms with Crippen molar-refractivity contribution >= 4 is 23.9 Å². The van der Waals surface area contributed by atoms with Crippen LogP contribution in [0.15, 0.2) is 79.1 Å². The van der Waals surface area contributed by atoms with E-state index in [0.717, 1.165) is 22.3 Å². The van der Waals surface area contributed by atoms with Crippen LogP contribution in [-0.2, 0) is 13.2 Å². The van der Waals surface area contributed by atoms with Crippen LogP contribution < -0.4 is 33.4 Å². The summed E-state index contributed by atoms with van der Waals surface area (Å²) in [6.07, 6.45) is 3.30. The van der Waals surface area contributed by atoms with E-state index in [9.17, 15) is 14.7 Å². The molecule has 0 aliphatic rings. The van der Waals surface area contributed by atoms with Gasteiger partial charge in [0.05, 0.1) is 16.6 Å². The van der Waals surface area contributed by atoms with Crippen LogP contribution in [0.1, 0.15) is 37.4 Å². The zero-order valence-electron chi connectivity index (χ0n) is 19.9. The van der Waals surface area contributed by atoms with E-state index in [1.165, 1.54) is 24.5 Å². The van der Waals surface area contributed by atoms with Gasteiger partial charge in [-0.3, -0.25) is 9.78 Å². The van der Waals surface area contributed by atoms with Gasteiger partial charge in [-0.25, -0.2) is 0 Å². The van der Waals surface area contributed by atoms with Crippen molar-refractivity contribution < 1.29 is 43.0 Å². The van der Waals surface area contributed by atoms with E-state index in [2.05, 4.69) is 23.2 Å². The summed E-state index contributed by atoms with van der Waals surface area (Å²) in [6.45, 7) is 2.30. The fourth-order valence-corrected chi connectivity index (χ4v) is 3.87. The Kier molecular flexibility index (Phi) is 9.32. The number of aldehydes is 1. The molecule has 0 saturated carbocycles. The smallest absolute Gasteiger partial charge is 0.545 e. The second-order valence-corrected chi connectivity index (χ2v) is 8.25. The normalized spacial score (nSPS) is 10.3. The van der Waals surface area contributed by atoms with E-state index in [0.29, 0.717) is 17.6 Å². The number of carboxylic acid groups (broad SMARTS) is 1. The summed E-state index contributed by atoms with van der Waals surface area (Å²) < 4.78 is 11.8. The predicted molar refractivity (Wildman–Crippen MR) is 131 cm³/mol. The fraction of sp³-hybridized carbons (Fsp3) is 0.107. The van der Waals surface area contributed by atoms with Crippen molar-refractivity contribution in [2.75, 3.05) is 0 Å². The van der Waals surface area contributed by atoms with Crippen molar-refractivity contribution in [3.05, 3.63) is 112 Å². The molecule has 0 aliphatic heterocycles. The molecular formula is C28H21ClLiNO5. The van der Waals surface area contributed by atoms with Crippen molar-refractivity contribution in [1.29, 1.82) is 0 Å². The van der Waals surface area contributed by atoms with Crippen molar-refractivity contribution in [3.63, 3.8) is 0 Å². The molecule has 0 N–H and O–H groups in total. The van der Waals surface area contributed by atoms with Crippen LogP contribution in [-0.4, -0.2) is 17.2 Å². The summed E-state index contributed by atoms with van der Waals surface area (Å²) in [5.41, 5.74) is 5.02. The van der Waals surface area contributed by atoms with Crippen molar-refractivity contribution in [1.82, 2.24) is 4.98 Å². The van der Waals surface area contributed by atoms with E-state index in [1.54, 1.807) is 6.07 Å². The van der Waals surface area contributed by atoms with Gasteiger partial charge in [0.25, 0.3) is 0 Å². The minimum Gasteiger partial charge on any atom is -0.545 e. The molecule has 0 fully saturated rings. The molecule has 0 spiro atoms. The molecular weight excluding hydrogens is 473 g/mol. The number of hydrogen-bond acceptors (Lipinski definition) is 6. The summed E-state index contributed by atoms with van der Waals surface area (Å²) in [4.78, 5) is 26.5. The van der Waals surface area contributed by atoms with E-state index >= 15 is 0 Å². The van der Waals surface area contributed by atoms with Gasteiger partial charge < -0.3 is 19.4 Å². The van der Waals surface area contributed by atoms with Gasteiger partial charge >= 0.3 is 18.9 Å². The Bertz CT molecular complexity index is 1380. The molecule has 36 heavy (non-hydrogen) atoms. The van der Waals surface area contributed by atoms with Crippen LogP contribution in [0, 0.1) is 6.92 Å². The minimum atomic E-state index is -1.33. The molecule has 0 atom stereocenters. The molecule has 4 aromatic rings. The largest absolute Gasteiger partial charge is 1.00 e. The number of nitrogens with zero attached hydrogens (tertiary/aromatic N) is 1. The average Bonchev–Trinajstić information content (AvgIpc) is 2.88. The Hall–Kier alpha value is -3.56. The Morgan fingerprint density at radius 3 is 2.44 bits per heavy atom. The maximum atomic E-state index is 11.6. The first-order chi connectivity index (χ1) is 17.0. The molecule has 1 aromatic heterocycles. The fourth-order valence-electron chi connectivity index (χ4n) is 3.64. The maximum absolute atomic E-state index is 11.6. The van der Waals surface area contributed by atoms with Gasteiger partial charge in [-0.15, -0.1) is 0 Å². The van der Waals surface area contributed by atoms with Gasteiger partial charge in [-0.05, 0) is 41.3 Å². The summed E-state index contributed by atoms with van der Waals surface area (Å²) in [6, 6.07) is 20.6. The third-order valence-electron chi connectivity index (χ3n) is 5.53. The summed E-state index contributed by atoms with van der Waals surface area (Å²) in [7, 11) is 0. The number of rotatable bonds is 9. The first-order valence-corrected chi connectivity index (χ1v) is 11.2. The molecule has 0 amide bonds. The van der Waals surface area contributed by atoms with Gasteiger partial charge in [-0.1, -0.05) is 60.1 Å². The Labute approximate surface area is 226 Å².